The van der Waals surface area contributed by atoms with E-state index in [0.29, 0.717) is 31.6 Å². The number of pyridine rings is 1. The normalized spacial score (nSPS) is 22.0. The number of rotatable bonds is 3. The van der Waals surface area contributed by atoms with Gasteiger partial charge in [-0.25, -0.2) is 0 Å². The van der Waals surface area contributed by atoms with Crippen LogP contribution in [0.4, 0.5) is 0 Å². The fourth-order valence-corrected chi connectivity index (χ4v) is 2.97. The molecule has 110 valence electrons. The highest BCUT2D eigenvalue weighted by Gasteiger charge is 2.42. The molecule has 6 heteroatoms. The monoisotopic (exact) mass is 287 g/mol. The maximum atomic E-state index is 12.5. The third-order valence-electron chi connectivity index (χ3n) is 4.00. The van der Waals surface area contributed by atoms with Crippen molar-refractivity contribution in [2.24, 2.45) is 0 Å². The number of amides is 3. The number of fused-ring (bicyclic) bond motifs is 1. The van der Waals surface area contributed by atoms with Crippen molar-refractivity contribution in [3.05, 3.63) is 29.6 Å². The zero-order valence-corrected chi connectivity index (χ0v) is 11.9. The lowest BCUT2D eigenvalue weighted by atomic mass is 10.0. The van der Waals surface area contributed by atoms with Gasteiger partial charge in [0.25, 0.3) is 11.8 Å². The average molecular weight is 287 g/mol. The van der Waals surface area contributed by atoms with Crippen molar-refractivity contribution < 1.29 is 14.4 Å². The highest BCUT2D eigenvalue weighted by Crippen LogP contribution is 2.27. The van der Waals surface area contributed by atoms with E-state index in [1.54, 1.807) is 17.2 Å². The van der Waals surface area contributed by atoms with Gasteiger partial charge in [-0.05, 0) is 18.9 Å². The third-order valence-corrected chi connectivity index (χ3v) is 4.00. The predicted molar refractivity (Wildman–Crippen MR) is 74.1 cm³/mol. The van der Waals surface area contributed by atoms with Gasteiger partial charge < -0.3 is 4.90 Å². The summed E-state index contributed by atoms with van der Waals surface area (Å²) in [5.41, 5.74) is 1.26. The van der Waals surface area contributed by atoms with Crippen molar-refractivity contribution in [3.63, 3.8) is 0 Å². The van der Waals surface area contributed by atoms with E-state index in [1.807, 2.05) is 13.0 Å². The molecule has 0 N–H and O–H groups in total. The van der Waals surface area contributed by atoms with E-state index >= 15 is 0 Å². The van der Waals surface area contributed by atoms with Gasteiger partial charge in [-0.3, -0.25) is 24.3 Å². The molecule has 3 heterocycles. The predicted octanol–water partition coefficient (Wildman–Crippen LogP) is 0.965. The molecule has 1 atom stereocenters. The van der Waals surface area contributed by atoms with Crippen LogP contribution in [0.2, 0.25) is 0 Å². The summed E-state index contributed by atoms with van der Waals surface area (Å²) < 4.78 is 0. The zero-order chi connectivity index (χ0) is 15.0. The molecule has 0 radical (unpaired) electrons. The van der Waals surface area contributed by atoms with Gasteiger partial charge in [-0.2, -0.15) is 0 Å². The first-order valence-electron chi connectivity index (χ1n) is 7.22. The molecule has 0 bridgehead atoms. The molecule has 3 amide bonds. The molecule has 0 aromatic carbocycles. The molecule has 0 spiro atoms. The Labute approximate surface area is 122 Å². The zero-order valence-electron chi connectivity index (χ0n) is 11.9. The van der Waals surface area contributed by atoms with Gasteiger partial charge in [-0.1, -0.05) is 13.0 Å². The molecule has 6 nitrogen and oxygen atoms in total. The quantitative estimate of drug-likeness (QED) is 0.777. The topological polar surface area (TPSA) is 70.6 Å². The molecule has 0 aliphatic carbocycles. The number of hydrogen-bond donors (Lipinski definition) is 0. The van der Waals surface area contributed by atoms with E-state index in [2.05, 4.69) is 4.98 Å². The summed E-state index contributed by atoms with van der Waals surface area (Å²) >= 11 is 0. The van der Waals surface area contributed by atoms with Crippen LogP contribution in [-0.2, 0) is 16.1 Å². The minimum Gasteiger partial charge on any atom is -0.321 e. The number of carbonyl (C=O) groups is 3. The van der Waals surface area contributed by atoms with Crippen LogP contribution in [0.5, 0.6) is 0 Å². The van der Waals surface area contributed by atoms with Gasteiger partial charge in [0.05, 0.1) is 0 Å². The maximum Gasteiger partial charge on any atom is 0.273 e. The number of carbonyl (C=O) groups excluding carboxylic acids is 3. The molecule has 2 aliphatic rings. The Kier molecular flexibility index (Phi) is 3.45. The van der Waals surface area contributed by atoms with Crippen molar-refractivity contribution in [1.29, 1.82) is 0 Å². The van der Waals surface area contributed by atoms with E-state index in [1.165, 1.54) is 4.90 Å². The van der Waals surface area contributed by atoms with Gasteiger partial charge in [0.15, 0.2) is 0 Å². The molecule has 1 aromatic heterocycles. The summed E-state index contributed by atoms with van der Waals surface area (Å²) in [7, 11) is 0. The molecular formula is C15H17N3O3. The first-order valence-corrected chi connectivity index (χ1v) is 7.22. The van der Waals surface area contributed by atoms with Gasteiger partial charge in [0.2, 0.25) is 5.91 Å². The minimum atomic E-state index is -0.545. The largest absolute Gasteiger partial charge is 0.321 e. The smallest absolute Gasteiger partial charge is 0.273 e. The Balaban J connectivity index is 1.84. The number of imide groups is 1. The van der Waals surface area contributed by atoms with Crippen LogP contribution in [-0.4, -0.2) is 45.1 Å². The van der Waals surface area contributed by atoms with E-state index in [0.717, 1.165) is 12.0 Å². The van der Waals surface area contributed by atoms with Gasteiger partial charge in [0.1, 0.15) is 11.7 Å². The Morgan fingerprint density at radius 1 is 1.33 bits per heavy atom. The molecule has 1 unspecified atom stereocenters. The lowest BCUT2D eigenvalue weighted by Gasteiger charge is -2.35. The van der Waals surface area contributed by atoms with E-state index < -0.39 is 6.04 Å². The second-order valence-corrected chi connectivity index (χ2v) is 5.38. The summed E-state index contributed by atoms with van der Waals surface area (Å²) in [4.78, 5) is 43.7. The van der Waals surface area contributed by atoms with Crippen molar-refractivity contribution >= 4 is 17.7 Å². The lowest BCUT2D eigenvalue weighted by Crippen LogP contribution is -2.54. The van der Waals surface area contributed by atoms with Gasteiger partial charge in [0, 0.05) is 31.3 Å². The first kappa shape index (κ1) is 13.7. The summed E-state index contributed by atoms with van der Waals surface area (Å²) in [6.07, 6.45) is 3.01. The number of hydrogen-bond acceptors (Lipinski definition) is 4. The molecule has 2 aliphatic heterocycles. The summed E-state index contributed by atoms with van der Waals surface area (Å²) in [6.45, 7) is 2.74. The Morgan fingerprint density at radius 3 is 2.86 bits per heavy atom. The van der Waals surface area contributed by atoms with Crippen molar-refractivity contribution in [3.8, 4) is 0 Å². The van der Waals surface area contributed by atoms with Crippen LogP contribution in [0, 0.1) is 0 Å². The van der Waals surface area contributed by atoms with Crippen LogP contribution < -0.4 is 0 Å². The Bertz CT molecular complexity index is 614. The number of likely N-dealkylation sites (tertiary alicyclic amines) is 1. The minimum absolute atomic E-state index is 0.139. The molecule has 1 saturated heterocycles. The lowest BCUT2D eigenvalue weighted by molar-refractivity contribution is -0.152. The Hall–Kier alpha value is -2.24. The van der Waals surface area contributed by atoms with Crippen LogP contribution >= 0.6 is 0 Å². The van der Waals surface area contributed by atoms with Gasteiger partial charge in [-0.15, -0.1) is 0 Å². The van der Waals surface area contributed by atoms with E-state index in [9.17, 15) is 14.4 Å². The standard InChI is InChI=1S/C15H17N3O3/c1-2-8-17-12(19)6-5-11(14(17)20)18-9-10-4-3-7-16-13(10)15(18)21/h3-4,7,11H,2,5-6,8-9H2,1H3. The Morgan fingerprint density at radius 2 is 2.14 bits per heavy atom. The first-order chi connectivity index (χ1) is 10.1. The van der Waals surface area contributed by atoms with Crippen LogP contribution in [0.15, 0.2) is 18.3 Å². The van der Waals surface area contributed by atoms with Crippen LogP contribution in [0.3, 0.4) is 0 Å². The molecule has 21 heavy (non-hydrogen) atoms. The number of piperidine rings is 1. The summed E-state index contributed by atoms with van der Waals surface area (Å²) in [6, 6.07) is 3.09. The highest BCUT2D eigenvalue weighted by atomic mass is 16.2. The molecular weight excluding hydrogens is 270 g/mol. The van der Waals surface area contributed by atoms with Crippen molar-refractivity contribution in [2.75, 3.05) is 6.54 Å². The second kappa shape index (κ2) is 5.27. The van der Waals surface area contributed by atoms with Crippen molar-refractivity contribution in [2.45, 2.75) is 38.8 Å². The van der Waals surface area contributed by atoms with E-state index in [4.69, 9.17) is 0 Å². The van der Waals surface area contributed by atoms with Crippen LogP contribution in [0.1, 0.15) is 42.2 Å². The average Bonchev–Trinajstić information content (AvgIpc) is 2.81. The molecule has 1 aromatic rings. The second-order valence-electron chi connectivity index (χ2n) is 5.38. The fraction of sp³-hybridized carbons (Fsp3) is 0.467. The summed E-state index contributed by atoms with van der Waals surface area (Å²) in [5, 5.41) is 0. The number of aromatic nitrogens is 1. The molecule has 0 saturated carbocycles. The molecule has 1 fully saturated rings. The van der Waals surface area contributed by atoms with Gasteiger partial charge >= 0.3 is 0 Å². The SMILES string of the molecule is CCCN1C(=O)CCC(N2Cc3cccnc3C2=O)C1=O. The van der Waals surface area contributed by atoms with Crippen molar-refractivity contribution in [1.82, 2.24) is 14.8 Å². The summed E-state index contributed by atoms with van der Waals surface area (Å²) in [5.74, 6) is -0.607. The maximum absolute atomic E-state index is 12.5. The third kappa shape index (κ3) is 2.20. The van der Waals surface area contributed by atoms with Crippen LogP contribution in [0.25, 0.3) is 0 Å². The molecule has 3 rings (SSSR count). The fourth-order valence-electron chi connectivity index (χ4n) is 2.97. The van der Waals surface area contributed by atoms with E-state index in [-0.39, 0.29) is 17.7 Å². The number of nitrogens with zero attached hydrogens (tertiary/aromatic N) is 3. The highest BCUT2D eigenvalue weighted by molar-refractivity contribution is 6.04.